The lowest BCUT2D eigenvalue weighted by Crippen LogP contribution is -2.43. The van der Waals surface area contributed by atoms with Gasteiger partial charge in [0.25, 0.3) is 0 Å². The zero-order valence-corrected chi connectivity index (χ0v) is 27.6. The van der Waals surface area contributed by atoms with Crippen LogP contribution in [0.15, 0.2) is 77.0 Å². The van der Waals surface area contributed by atoms with Gasteiger partial charge >= 0.3 is 6.18 Å². The van der Waals surface area contributed by atoms with Gasteiger partial charge in [-0.25, -0.2) is 0 Å². The van der Waals surface area contributed by atoms with Crippen molar-refractivity contribution < 1.29 is 22.8 Å². The molecule has 4 heterocycles. The number of nitrogens with one attached hydrogen (secondary N) is 1. The summed E-state index contributed by atoms with van der Waals surface area (Å²) in [6.45, 7) is 2.85. The van der Waals surface area contributed by atoms with Crippen LogP contribution in [0.1, 0.15) is 47.2 Å². The molecule has 2 fully saturated rings. The molecule has 2 aromatic carbocycles. The molecule has 50 heavy (non-hydrogen) atoms. The molecule has 0 unspecified atom stereocenters. The normalized spacial score (nSPS) is 20.3. The summed E-state index contributed by atoms with van der Waals surface area (Å²) in [5.41, 5.74) is 8.89. The number of benzene rings is 2. The van der Waals surface area contributed by atoms with E-state index < -0.39 is 17.3 Å². The minimum Gasteiger partial charge on any atom is -0.398 e. The average Bonchev–Trinajstić information content (AvgIpc) is 3.68. The second-order valence-electron chi connectivity index (χ2n) is 12.8. The third kappa shape index (κ3) is 6.88. The third-order valence-electron chi connectivity index (χ3n) is 9.77. The first-order chi connectivity index (χ1) is 23.9. The number of alkyl halides is 3. The van der Waals surface area contributed by atoms with Gasteiger partial charge in [-0.3, -0.25) is 29.9 Å². The Hall–Kier alpha value is -5.37. The summed E-state index contributed by atoms with van der Waals surface area (Å²) in [5.74, 6) is 5.43. The summed E-state index contributed by atoms with van der Waals surface area (Å²) < 4.78 is 39.8. The Morgan fingerprint density at radius 3 is 2.50 bits per heavy atom. The maximum atomic E-state index is 13.9. The Kier molecular flexibility index (Phi) is 9.56. The van der Waals surface area contributed by atoms with E-state index in [9.17, 15) is 22.8 Å². The van der Waals surface area contributed by atoms with E-state index >= 15 is 0 Å². The standard InChI is InChI=1S/C36H38F3N9O2/c1-43-20-30(45-42)25-4-2-23(3-5-25)24-9-14-47(15-10-24)32(49)21-46-16-11-35(22-46)12-17-48(34(35)50)27-6-7-29(40)28(19-27)33(41)26-8-13-44-31(18-26)36(37,38)39/h2-9,13,18-20,41H,10-12,14-17,21-22,40,42H2,1H3/t35-/m0/s1. The van der Waals surface area contributed by atoms with E-state index in [0.717, 1.165) is 29.8 Å². The lowest BCUT2D eigenvalue weighted by molar-refractivity contribution is -0.141. The van der Waals surface area contributed by atoms with Gasteiger partial charge in [0.1, 0.15) is 11.4 Å². The molecule has 0 saturated carbocycles. The molecule has 0 bridgehead atoms. The number of hydrazone groups is 1. The Morgan fingerprint density at radius 1 is 1.06 bits per heavy atom. The van der Waals surface area contributed by atoms with Gasteiger partial charge in [-0.2, -0.15) is 18.3 Å². The van der Waals surface area contributed by atoms with Crippen LogP contribution in [0.25, 0.3) is 5.57 Å². The number of likely N-dealkylation sites (tertiary alicyclic amines) is 1. The van der Waals surface area contributed by atoms with Crippen molar-refractivity contribution >= 4 is 46.4 Å². The molecule has 260 valence electrons. The molecule has 3 aromatic rings. The van der Waals surface area contributed by atoms with Crippen LogP contribution < -0.4 is 16.5 Å². The third-order valence-corrected chi connectivity index (χ3v) is 9.77. The molecule has 3 aliphatic heterocycles. The zero-order valence-electron chi connectivity index (χ0n) is 27.6. The minimum absolute atomic E-state index is 0.0149. The summed E-state index contributed by atoms with van der Waals surface area (Å²) in [6.07, 6.45) is 1.99. The Balaban J connectivity index is 1.07. The van der Waals surface area contributed by atoms with Crippen molar-refractivity contribution in [2.45, 2.75) is 25.4 Å². The fourth-order valence-corrected chi connectivity index (χ4v) is 6.97. The highest BCUT2D eigenvalue weighted by molar-refractivity contribution is 6.38. The van der Waals surface area contributed by atoms with E-state index in [1.807, 2.05) is 34.1 Å². The van der Waals surface area contributed by atoms with Crippen molar-refractivity contribution in [1.82, 2.24) is 14.8 Å². The number of carbonyl (C=O) groups is 2. The molecule has 0 aliphatic carbocycles. The maximum Gasteiger partial charge on any atom is 0.433 e. The summed E-state index contributed by atoms with van der Waals surface area (Å²) in [6, 6.07) is 14.9. The van der Waals surface area contributed by atoms with Crippen molar-refractivity contribution in [3.8, 4) is 0 Å². The molecule has 1 aromatic heterocycles. The molecule has 11 nitrogen and oxygen atoms in total. The topological polar surface area (TPSA) is 157 Å². The first-order valence-electron chi connectivity index (χ1n) is 16.3. The van der Waals surface area contributed by atoms with Crippen LogP contribution in [-0.2, 0) is 15.8 Å². The summed E-state index contributed by atoms with van der Waals surface area (Å²) in [4.78, 5) is 40.1. The average molecular weight is 686 g/mol. The smallest absolute Gasteiger partial charge is 0.398 e. The zero-order chi connectivity index (χ0) is 35.6. The SMILES string of the molecule is CN=CC(=NN)c1ccc(C2=CCN(C(=O)CN3CC[C@]4(CCN(c5ccc(N)c(C(=N)c6ccnc(C(F)(F)F)c6)c5)C4=O)C3)CC2)cc1. The number of pyridine rings is 1. The number of aromatic nitrogens is 1. The minimum atomic E-state index is -4.65. The van der Waals surface area contributed by atoms with Gasteiger partial charge in [0.15, 0.2) is 0 Å². The fraction of sp³-hybridized carbons (Fsp3) is 0.333. The first kappa shape index (κ1) is 34.5. The van der Waals surface area contributed by atoms with Crippen LogP contribution in [0.4, 0.5) is 24.5 Å². The highest BCUT2D eigenvalue weighted by Crippen LogP contribution is 2.43. The number of nitrogen functional groups attached to an aromatic ring is 1. The largest absolute Gasteiger partial charge is 0.433 e. The van der Waals surface area contributed by atoms with Gasteiger partial charge in [-0.05, 0) is 67.3 Å². The van der Waals surface area contributed by atoms with Gasteiger partial charge in [0.05, 0.1) is 17.7 Å². The van der Waals surface area contributed by atoms with Gasteiger partial charge in [-0.1, -0.05) is 30.3 Å². The molecule has 2 saturated heterocycles. The predicted molar refractivity (Wildman–Crippen MR) is 187 cm³/mol. The number of rotatable bonds is 8. The monoisotopic (exact) mass is 685 g/mol. The number of carbonyl (C=O) groups excluding carboxylic acids is 2. The van der Waals surface area contributed by atoms with Gasteiger partial charge in [0, 0.05) is 73.7 Å². The summed E-state index contributed by atoms with van der Waals surface area (Å²) in [7, 11) is 1.66. The van der Waals surface area contributed by atoms with E-state index in [0.29, 0.717) is 57.0 Å². The number of aliphatic imine (C=N–C) groups is 1. The van der Waals surface area contributed by atoms with Crippen LogP contribution in [0.3, 0.4) is 0 Å². The Bertz CT molecular complexity index is 1910. The number of amides is 2. The molecule has 1 spiro atoms. The van der Waals surface area contributed by atoms with Gasteiger partial charge in [-0.15, -0.1) is 0 Å². The molecule has 2 amide bonds. The number of nitrogens with zero attached hydrogens (tertiary/aromatic N) is 6. The van der Waals surface area contributed by atoms with Crippen LogP contribution in [0.5, 0.6) is 0 Å². The van der Waals surface area contributed by atoms with Crippen molar-refractivity contribution in [1.29, 1.82) is 5.41 Å². The van der Waals surface area contributed by atoms with Crippen molar-refractivity contribution in [2.75, 3.05) is 56.9 Å². The molecule has 0 radical (unpaired) electrons. The number of anilines is 2. The number of hydrogen-bond donors (Lipinski definition) is 3. The van der Waals surface area contributed by atoms with Gasteiger partial charge < -0.3 is 21.4 Å². The van der Waals surface area contributed by atoms with Crippen molar-refractivity contribution in [3.05, 3.63) is 94.8 Å². The highest BCUT2D eigenvalue weighted by Gasteiger charge is 2.51. The number of halogens is 3. The van der Waals surface area contributed by atoms with E-state index in [4.69, 9.17) is 17.0 Å². The van der Waals surface area contributed by atoms with Crippen LogP contribution in [0, 0.1) is 10.8 Å². The summed E-state index contributed by atoms with van der Waals surface area (Å²) >= 11 is 0. The number of hydrogen-bond acceptors (Lipinski definition) is 9. The molecule has 3 aliphatic rings. The van der Waals surface area contributed by atoms with E-state index in [2.05, 4.69) is 21.2 Å². The highest BCUT2D eigenvalue weighted by atomic mass is 19.4. The fourth-order valence-electron chi connectivity index (χ4n) is 6.97. The second kappa shape index (κ2) is 13.9. The number of nitrogens with two attached hydrogens (primary N) is 2. The van der Waals surface area contributed by atoms with Crippen LogP contribution in [-0.4, -0.2) is 90.6 Å². The molecule has 6 rings (SSSR count). The van der Waals surface area contributed by atoms with Gasteiger partial charge in [0.2, 0.25) is 11.8 Å². The van der Waals surface area contributed by atoms with E-state index in [1.54, 1.807) is 36.4 Å². The second-order valence-corrected chi connectivity index (χ2v) is 12.8. The predicted octanol–water partition coefficient (Wildman–Crippen LogP) is 4.21. The molecular formula is C36H38F3N9O2. The van der Waals surface area contributed by atoms with E-state index in [-0.39, 0.29) is 40.9 Å². The molecule has 5 N–H and O–H groups in total. The van der Waals surface area contributed by atoms with Crippen molar-refractivity contribution in [2.24, 2.45) is 21.4 Å². The lowest BCUT2D eigenvalue weighted by Gasteiger charge is -2.29. The quantitative estimate of drug-likeness (QED) is 0.140. The van der Waals surface area contributed by atoms with Crippen LogP contribution >= 0.6 is 0 Å². The maximum absolute atomic E-state index is 13.9. The molecule has 14 heteroatoms. The first-order valence-corrected chi connectivity index (χ1v) is 16.3. The lowest BCUT2D eigenvalue weighted by atomic mass is 9.85. The van der Waals surface area contributed by atoms with Crippen molar-refractivity contribution in [3.63, 3.8) is 0 Å². The molecule has 1 atom stereocenters. The van der Waals surface area contributed by atoms with E-state index in [1.165, 1.54) is 11.6 Å². The summed E-state index contributed by atoms with van der Waals surface area (Å²) in [5, 5.41) is 12.4. The van der Waals surface area contributed by atoms with Crippen LogP contribution in [0.2, 0.25) is 0 Å². The Labute approximate surface area is 287 Å². The molecular weight excluding hydrogens is 647 g/mol. The Morgan fingerprint density at radius 2 is 1.82 bits per heavy atom.